The first kappa shape index (κ1) is 19.5. The van der Waals surface area contributed by atoms with Crippen LogP contribution in [0, 0.1) is 5.92 Å². The van der Waals surface area contributed by atoms with Gasteiger partial charge in [-0.3, -0.25) is 10.3 Å². The lowest BCUT2D eigenvalue weighted by atomic mass is 9.90. The van der Waals surface area contributed by atoms with Crippen molar-refractivity contribution in [2.24, 2.45) is 5.92 Å². The highest BCUT2D eigenvalue weighted by Gasteiger charge is 2.33. The van der Waals surface area contributed by atoms with Crippen LogP contribution in [0.15, 0.2) is 42.5 Å². The number of hydrazine groups is 1. The molecule has 2 aromatic carbocycles. The van der Waals surface area contributed by atoms with Gasteiger partial charge in [0.15, 0.2) is 0 Å². The van der Waals surface area contributed by atoms with E-state index in [9.17, 15) is 0 Å². The molecule has 3 saturated heterocycles. The Bertz CT molecular complexity index is 803. The molecule has 29 heavy (non-hydrogen) atoms. The number of likely N-dealkylation sites (tertiary alicyclic amines) is 1. The van der Waals surface area contributed by atoms with Crippen LogP contribution in [0.3, 0.4) is 0 Å². The molecule has 3 fully saturated rings. The van der Waals surface area contributed by atoms with Crippen LogP contribution in [0.25, 0.3) is 10.8 Å². The SMILES string of the molecule is CN1CCC(N2CCN(CC3CNNC3c3cccc4ccccc34)CC2)CC1. The molecular formula is C24H35N5. The summed E-state index contributed by atoms with van der Waals surface area (Å²) in [5.41, 5.74) is 8.46. The summed E-state index contributed by atoms with van der Waals surface area (Å²) in [6.07, 6.45) is 2.69. The van der Waals surface area contributed by atoms with E-state index in [0.717, 1.165) is 12.6 Å². The highest BCUT2D eigenvalue weighted by atomic mass is 15.4. The van der Waals surface area contributed by atoms with Crippen molar-refractivity contribution >= 4 is 10.8 Å². The lowest BCUT2D eigenvalue weighted by molar-refractivity contribution is 0.0582. The maximum Gasteiger partial charge on any atom is 0.0521 e. The summed E-state index contributed by atoms with van der Waals surface area (Å²) in [5.74, 6) is 0.607. The lowest BCUT2D eigenvalue weighted by Gasteiger charge is -2.43. The van der Waals surface area contributed by atoms with Gasteiger partial charge in [0.25, 0.3) is 0 Å². The fourth-order valence-corrected chi connectivity index (χ4v) is 5.56. The Morgan fingerprint density at radius 3 is 2.48 bits per heavy atom. The molecule has 2 aromatic rings. The van der Waals surface area contributed by atoms with Crippen LogP contribution in [-0.4, -0.2) is 80.1 Å². The summed E-state index contributed by atoms with van der Waals surface area (Å²) < 4.78 is 0. The van der Waals surface area contributed by atoms with E-state index >= 15 is 0 Å². The summed E-state index contributed by atoms with van der Waals surface area (Å²) in [4.78, 5) is 7.93. The van der Waals surface area contributed by atoms with Crippen molar-refractivity contribution in [2.45, 2.75) is 24.9 Å². The van der Waals surface area contributed by atoms with E-state index in [0.29, 0.717) is 12.0 Å². The smallest absolute Gasteiger partial charge is 0.0521 e. The van der Waals surface area contributed by atoms with Crippen molar-refractivity contribution in [2.75, 3.05) is 59.4 Å². The molecule has 5 nitrogen and oxygen atoms in total. The number of benzene rings is 2. The Balaban J connectivity index is 1.21. The number of nitrogens with zero attached hydrogens (tertiary/aromatic N) is 3. The number of fused-ring (bicyclic) bond motifs is 1. The first-order valence-corrected chi connectivity index (χ1v) is 11.4. The molecule has 156 valence electrons. The van der Waals surface area contributed by atoms with Gasteiger partial charge in [0, 0.05) is 51.2 Å². The normalized spacial score (nSPS) is 28.3. The molecule has 0 spiro atoms. The summed E-state index contributed by atoms with van der Waals surface area (Å²) in [7, 11) is 2.25. The number of hydrogen-bond acceptors (Lipinski definition) is 5. The van der Waals surface area contributed by atoms with Crippen LogP contribution in [0.5, 0.6) is 0 Å². The third-order valence-electron chi connectivity index (χ3n) is 7.36. The number of piperazine rings is 1. The topological polar surface area (TPSA) is 33.8 Å². The molecule has 3 aliphatic rings. The first-order valence-electron chi connectivity index (χ1n) is 11.4. The summed E-state index contributed by atoms with van der Waals surface area (Å²) in [6, 6.07) is 16.7. The molecule has 2 N–H and O–H groups in total. The molecule has 0 aliphatic carbocycles. The van der Waals surface area contributed by atoms with Crippen LogP contribution in [0.2, 0.25) is 0 Å². The zero-order chi connectivity index (χ0) is 19.6. The molecule has 0 saturated carbocycles. The number of piperidine rings is 1. The van der Waals surface area contributed by atoms with Crippen molar-refractivity contribution in [1.29, 1.82) is 0 Å². The molecule has 0 bridgehead atoms. The highest BCUT2D eigenvalue weighted by Crippen LogP contribution is 2.31. The van der Waals surface area contributed by atoms with Gasteiger partial charge in [-0.2, -0.15) is 0 Å². The molecule has 3 heterocycles. The predicted octanol–water partition coefficient (Wildman–Crippen LogP) is 2.32. The molecule has 0 amide bonds. The van der Waals surface area contributed by atoms with E-state index in [2.05, 4.69) is 75.1 Å². The molecule has 0 radical (unpaired) electrons. The molecular weight excluding hydrogens is 358 g/mol. The van der Waals surface area contributed by atoms with Gasteiger partial charge in [0.2, 0.25) is 0 Å². The van der Waals surface area contributed by atoms with Crippen molar-refractivity contribution in [3.63, 3.8) is 0 Å². The van der Waals surface area contributed by atoms with Crippen LogP contribution >= 0.6 is 0 Å². The number of rotatable bonds is 4. The van der Waals surface area contributed by atoms with Crippen LogP contribution < -0.4 is 10.9 Å². The van der Waals surface area contributed by atoms with Crippen molar-refractivity contribution in [1.82, 2.24) is 25.6 Å². The van der Waals surface area contributed by atoms with Gasteiger partial charge in [-0.05, 0) is 49.3 Å². The minimum absolute atomic E-state index is 0.382. The average Bonchev–Trinajstić information content (AvgIpc) is 3.22. The Morgan fingerprint density at radius 2 is 1.66 bits per heavy atom. The minimum atomic E-state index is 0.382. The second-order valence-corrected chi connectivity index (χ2v) is 9.20. The fraction of sp³-hybridized carbons (Fsp3) is 0.583. The zero-order valence-corrected chi connectivity index (χ0v) is 17.7. The average molecular weight is 394 g/mol. The highest BCUT2D eigenvalue weighted by molar-refractivity contribution is 5.86. The second kappa shape index (κ2) is 8.70. The largest absolute Gasteiger partial charge is 0.306 e. The van der Waals surface area contributed by atoms with Gasteiger partial charge in [-0.15, -0.1) is 0 Å². The van der Waals surface area contributed by atoms with Crippen molar-refractivity contribution in [3.8, 4) is 0 Å². The predicted molar refractivity (Wildman–Crippen MR) is 120 cm³/mol. The first-order chi connectivity index (χ1) is 14.3. The van der Waals surface area contributed by atoms with Gasteiger partial charge >= 0.3 is 0 Å². The number of hydrogen-bond donors (Lipinski definition) is 2. The van der Waals surface area contributed by atoms with Crippen molar-refractivity contribution < 1.29 is 0 Å². The van der Waals surface area contributed by atoms with Gasteiger partial charge in [0.05, 0.1) is 6.04 Å². The van der Waals surface area contributed by atoms with E-state index in [-0.39, 0.29) is 0 Å². The van der Waals surface area contributed by atoms with E-state index in [1.54, 1.807) is 0 Å². The van der Waals surface area contributed by atoms with Gasteiger partial charge < -0.3 is 9.80 Å². The quantitative estimate of drug-likeness (QED) is 0.833. The van der Waals surface area contributed by atoms with E-state index in [4.69, 9.17) is 0 Å². The maximum absolute atomic E-state index is 3.58. The zero-order valence-electron chi connectivity index (χ0n) is 17.7. The summed E-state index contributed by atoms with van der Waals surface area (Å²) in [6.45, 7) is 9.64. The number of nitrogens with one attached hydrogen (secondary N) is 2. The van der Waals surface area contributed by atoms with Crippen molar-refractivity contribution in [3.05, 3.63) is 48.0 Å². The van der Waals surface area contributed by atoms with Gasteiger partial charge in [-0.25, -0.2) is 5.43 Å². The third-order valence-corrected chi connectivity index (χ3v) is 7.36. The fourth-order valence-electron chi connectivity index (χ4n) is 5.56. The van der Waals surface area contributed by atoms with E-state index in [1.807, 2.05) is 0 Å². The maximum atomic E-state index is 3.58. The lowest BCUT2D eigenvalue weighted by Crippen LogP contribution is -2.53. The van der Waals surface area contributed by atoms with Gasteiger partial charge in [-0.1, -0.05) is 42.5 Å². The van der Waals surface area contributed by atoms with E-state index < -0.39 is 0 Å². The molecule has 0 aromatic heterocycles. The van der Waals surface area contributed by atoms with Crippen LogP contribution in [-0.2, 0) is 0 Å². The van der Waals surface area contributed by atoms with Crippen LogP contribution in [0.1, 0.15) is 24.4 Å². The minimum Gasteiger partial charge on any atom is -0.306 e. The molecule has 5 rings (SSSR count). The Hall–Kier alpha value is -1.50. The Kier molecular flexibility index (Phi) is 5.84. The monoisotopic (exact) mass is 393 g/mol. The van der Waals surface area contributed by atoms with E-state index in [1.165, 1.54) is 75.0 Å². The third kappa shape index (κ3) is 4.21. The molecule has 2 unspecified atom stereocenters. The standard InChI is InChI=1S/C24H35N5/c1-27-11-9-21(10-12-27)29-15-13-28(14-16-29)18-20-17-25-26-24(20)23-8-4-6-19-5-2-3-7-22(19)23/h2-8,20-21,24-26H,9-18H2,1H3. The van der Waals surface area contributed by atoms with Crippen LogP contribution in [0.4, 0.5) is 0 Å². The summed E-state index contributed by atoms with van der Waals surface area (Å²) in [5, 5.41) is 2.72. The molecule has 5 heteroatoms. The Labute approximate surface area is 175 Å². The van der Waals surface area contributed by atoms with Gasteiger partial charge in [0.1, 0.15) is 0 Å². The Morgan fingerprint density at radius 1 is 0.897 bits per heavy atom. The summed E-state index contributed by atoms with van der Waals surface area (Å²) >= 11 is 0. The molecule has 3 aliphatic heterocycles. The second-order valence-electron chi connectivity index (χ2n) is 9.20. The molecule has 2 atom stereocenters.